The highest BCUT2D eigenvalue weighted by Crippen LogP contribution is 2.30. The summed E-state index contributed by atoms with van der Waals surface area (Å²) in [7, 11) is 0. The molecule has 0 saturated carbocycles. The van der Waals surface area contributed by atoms with E-state index in [1.807, 2.05) is 0 Å². The highest BCUT2D eigenvalue weighted by atomic mass is 16.7. The number of nitrogens with one attached hydrogen (secondary N) is 1. The predicted molar refractivity (Wildman–Crippen MR) is 291 cm³/mol. The Morgan fingerprint density at radius 3 is 1.16 bits per heavy atom. The van der Waals surface area contributed by atoms with Crippen LogP contribution >= 0.6 is 0 Å². The van der Waals surface area contributed by atoms with Gasteiger partial charge in [-0.1, -0.05) is 258 Å². The highest BCUT2D eigenvalue weighted by molar-refractivity contribution is 5.76. The normalized spacial score (nSPS) is 25.3. The number of hydrogen-bond donors (Lipinski definition) is 9. The fourth-order valence-corrected chi connectivity index (χ4v) is 10.6. The lowest BCUT2D eigenvalue weighted by Gasteiger charge is -2.46. The minimum atomic E-state index is -1.78. The van der Waals surface area contributed by atoms with E-state index in [2.05, 4.69) is 19.2 Å². The summed E-state index contributed by atoms with van der Waals surface area (Å²) in [6.07, 6.45) is 33.9. The summed E-state index contributed by atoms with van der Waals surface area (Å²) in [6, 6.07) is -0.822. The molecule has 0 spiro atoms. The van der Waals surface area contributed by atoms with Crippen LogP contribution < -0.4 is 5.32 Å². The topological polar surface area (TPSA) is 228 Å². The third-order valence-electron chi connectivity index (χ3n) is 15.6. The summed E-state index contributed by atoms with van der Waals surface area (Å²) in [5.41, 5.74) is 0. The quantitative estimate of drug-likeness (QED) is 0.0259. The third kappa shape index (κ3) is 31.9. The lowest BCUT2D eigenvalue weighted by molar-refractivity contribution is -0.359. The molecule has 2 aliphatic rings. The Hall–Kier alpha value is -1.01. The van der Waals surface area contributed by atoms with Crippen LogP contribution in [0.5, 0.6) is 0 Å². The Morgan fingerprint density at radius 1 is 0.438 bits per heavy atom. The molecule has 0 aliphatic carbocycles. The van der Waals surface area contributed by atoms with E-state index in [9.17, 15) is 45.6 Å². The second-order valence-corrected chi connectivity index (χ2v) is 22.2. The van der Waals surface area contributed by atoms with Crippen LogP contribution in [-0.2, 0) is 23.7 Å². The first-order chi connectivity index (χ1) is 35.6. The van der Waals surface area contributed by atoms with Crippen molar-refractivity contribution >= 4 is 5.91 Å². The Labute approximate surface area is 444 Å². The van der Waals surface area contributed by atoms with Gasteiger partial charge in [0, 0.05) is 6.42 Å². The maximum Gasteiger partial charge on any atom is 0.220 e. The van der Waals surface area contributed by atoms with E-state index in [4.69, 9.17) is 18.9 Å². The van der Waals surface area contributed by atoms with E-state index in [1.54, 1.807) is 0 Å². The zero-order chi connectivity index (χ0) is 53.2. The summed E-state index contributed by atoms with van der Waals surface area (Å²) in [4.78, 5) is 13.3. The molecule has 14 nitrogen and oxygen atoms in total. The van der Waals surface area contributed by atoms with Gasteiger partial charge in [-0.05, 0) is 12.8 Å². The third-order valence-corrected chi connectivity index (χ3v) is 15.6. The molecular formula is C59H115NO13. The van der Waals surface area contributed by atoms with Crippen LogP contribution in [0.3, 0.4) is 0 Å². The van der Waals surface area contributed by atoms with Crippen molar-refractivity contribution in [3.63, 3.8) is 0 Å². The van der Waals surface area contributed by atoms with Crippen LogP contribution in [0.1, 0.15) is 277 Å². The second-order valence-electron chi connectivity index (χ2n) is 22.2. The summed E-state index contributed by atoms with van der Waals surface area (Å²) < 4.78 is 22.9. The van der Waals surface area contributed by atoms with Crippen molar-refractivity contribution in [3.8, 4) is 0 Å². The van der Waals surface area contributed by atoms with E-state index in [0.29, 0.717) is 12.8 Å². The molecule has 2 saturated heterocycles. The van der Waals surface area contributed by atoms with E-state index >= 15 is 0 Å². The first-order valence-corrected chi connectivity index (χ1v) is 30.8. The van der Waals surface area contributed by atoms with Crippen LogP contribution in [-0.4, -0.2) is 140 Å². The Morgan fingerprint density at radius 2 is 0.781 bits per heavy atom. The molecule has 0 aromatic carbocycles. The van der Waals surface area contributed by atoms with Crippen molar-refractivity contribution < 1.29 is 64.6 Å². The molecule has 0 aromatic heterocycles. The fourth-order valence-electron chi connectivity index (χ4n) is 10.6. The van der Waals surface area contributed by atoms with Crippen LogP contribution in [0.2, 0.25) is 0 Å². The molecule has 1 amide bonds. The van der Waals surface area contributed by atoms with Crippen molar-refractivity contribution in [2.24, 2.45) is 0 Å². The van der Waals surface area contributed by atoms with Crippen LogP contribution in [0.15, 0.2) is 0 Å². The van der Waals surface area contributed by atoms with Gasteiger partial charge in [0.05, 0.1) is 32.0 Å². The summed E-state index contributed by atoms with van der Waals surface area (Å²) in [5, 5.41) is 87.3. The maximum absolute atomic E-state index is 13.3. The molecule has 0 aromatic rings. The van der Waals surface area contributed by atoms with Crippen molar-refractivity contribution in [2.75, 3.05) is 19.8 Å². The van der Waals surface area contributed by atoms with Gasteiger partial charge in [-0.25, -0.2) is 0 Å². The van der Waals surface area contributed by atoms with E-state index in [-0.39, 0.29) is 12.5 Å². The molecule has 0 bridgehead atoms. The van der Waals surface area contributed by atoms with Crippen molar-refractivity contribution in [2.45, 2.75) is 351 Å². The zero-order valence-corrected chi connectivity index (χ0v) is 46.7. The molecule has 434 valence electrons. The van der Waals surface area contributed by atoms with Crippen LogP contribution in [0, 0.1) is 0 Å². The van der Waals surface area contributed by atoms with E-state index in [0.717, 1.165) is 51.4 Å². The molecule has 2 heterocycles. The van der Waals surface area contributed by atoms with Crippen molar-refractivity contribution in [1.29, 1.82) is 0 Å². The Balaban J connectivity index is 1.73. The molecule has 2 aliphatic heterocycles. The van der Waals surface area contributed by atoms with Gasteiger partial charge in [0.15, 0.2) is 12.6 Å². The van der Waals surface area contributed by atoms with Crippen LogP contribution in [0.25, 0.3) is 0 Å². The number of carbonyl (C=O) groups excluding carboxylic acids is 1. The number of hydrogen-bond acceptors (Lipinski definition) is 13. The lowest BCUT2D eigenvalue weighted by atomic mass is 9.97. The first-order valence-electron chi connectivity index (χ1n) is 30.8. The van der Waals surface area contributed by atoms with Gasteiger partial charge in [-0.2, -0.15) is 0 Å². The number of amides is 1. The SMILES string of the molecule is CCCCCCCCCCCCCCCCCCCCCCCCCC(O)C(COC1OC(CO)C(OC2OC(CO)C(O)C(O)C2O)C(O)C1O)NC(=O)CCCCCCCCCCCCCCCCCC. The van der Waals surface area contributed by atoms with E-state index in [1.165, 1.54) is 199 Å². The van der Waals surface area contributed by atoms with E-state index < -0.39 is 86.8 Å². The minimum absolute atomic E-state index is 0.200. The number of unbranched alkanes of at least 4 members (excludes halogenated alkanes) is 37. The van der Waals surface area contributed by atoms with Gasteiger partial charge in [0.25, 0.3) is 0 Å². The first kappa shape index (κ1) is 68.1. The molecule has 9 N–H and O–H groups in total. The number of carbonyl (C=O) groups is 1. The van der Waals surface area contributed by atoms with Crippen molar-refractivity contribution in [1.82, 2.24) is 5.32 Å². The van der Waals surface area contributed by atoms with Gasteiger partial charge in [-0.15, -0.1) is 0 Å². The largest absolute Gasteiger partial charge is 0.394 e. The van der Waals surface area contributed by atoms with Gasteiger partial charge in [0.2, 0.25) is 5.91 Å². The number of aliphatic hydroxyl groups excluding tert-OH is 8. The molecule has 0 radical (unpaired) electrons. The second kappa shape index (κ2) is 46.0. The van der Waals surface area contributed by atoms with Gasteiger partial charge >= 0.3 is 0 Å². The molecule has 12 unspecified atom stereocenters. The molecule has 2 fully saturated rings. The van der Waals surface area contributed by atoms with Gasteiger partial charge < -0.3 is 65.1 Å². The molecular weight excluding hydrogens is 931 g/mol. The number of aliphatic hydroxyl groups is 8. The summed E-state index contributed by atoms with van der Waals surface area (Å²) in [6.45, 7) is 2.90. The standard InChI is InChI=1S/C59H115NO13/c1-3-5-7-9-11-13-15-17-19-21-22-23-24-25-26-27-28-30-32-34-36-38-40-42-48(63)47(60-51(64)43-41-39-37-35-33-31-29-20-18-16-14-12-10-8-6-4-2)46-70-58-56(69)54(67)57(50(45-62)72-58)73-59-55(68)53(66)52(65)49(44-61)71-59/h47-50,52-59,61-63,65-69H,3-46H2,1-2H3,(H,60,64). The average Bonchev–Trinajstić information content (AvgIpc) is 3.39. The summed E-state index contributed by atoms with van der Waals surface area (Å²) in [5.74, 6) is -0.200. The highest BCUT2D eigenvalue weighted by Gasteiger charge is 2.51. The van der Waals surface area contributed by atoms with Gasteiger partial charge in [0.1, 0.15) is 48.8 Å². The maximum atomic E-state index is 13.3. The average molecular weight is 1050 g/mol. The summed E-state index contributed by atoms with van der Waals surface area (Å²) >= 11 is 0. The number of ether oxygens (including phenoxy) is 4. The lowest BCUT2D eigenvalue weighted by Crippen LogP contribution is -2.65. The van der Waals surface area contributed by atoms with Crippen molar-refractivity contribution in [3.05, 3.63) is 0 Å². The Kier molecular flexibility index (Phi) is 42.9. The zero-order valence-electron chi connectivity index (χ0n) is 46.7. The predicted octanol–water partition coefficient (Wildman–Crippen LogP) is 10.5. The minimum Gasteiger partial charge on any atom is -0.394 e. The number of rotatable bonds is 50. The molecule has 73 heavy (non-hydrogen) atoms. The smallest absolute Gasteiger partial charge is 0.220 e. The van der Waals surface area contributed by atoms with Gasteiger partial charge in [-0.3, -0.25) is 4.79 Å². The Bertz CT molecular complexity index is 1230. The fraction of sp³-hybridized carbons (Fsp3) is 0.983. The molecule has 12 atom stereocenters. The van der Waals surface area contributed by atoms with Crippen LogP contribution in [0.4, 0.5) is 0 Å². The monoisotopic (exact) mass is 1050 g/mol. The molecule has 2 rings (SSSR count). The molecule has 14 heteroatoms.